The molecule has 0 heterocycles. The molecule has 97 valence electrons. The van der Waals surface area contributed by atoms with E-state index in [1.807, 2.05) is 47.8 Å². The molecule has 0 spiro atoms. The number of hydrogen-bond donors (Lipinski definition) is 0. The molecule has 3 radical (unpaired) electrons. The molecule has 0 aliphatic carbocycles. The van der Waals surface area contributed by atoms with Crippen molar-refractivity contribution in [2.24, 2.45) is 0 Å². The number of amides is 1. The van der Waals surface area contributed by atoms with E-state index in [1.54, 1.807) is 4.90 Å². The van der Waals surface area contributed by atoms with Gasteiger partial charge in [-0.25, -0.2) is 0 Å². The Morgan fingerprint density at radius 3 is 2.22 bits per heavy atom. The van der Waals surface area contributed by atoms with Crippen LogP contribution in [0.25, 0.3) is 0 Å². The normalized spacial score (nSPS) is 10.7. The van der Waals surface area contributed by atoms with Crippen molar-refractivity contribution in [3.8, 4) is 0 Å². The summed E-state index contributed by atoms with van der Waals surface area (Å²) in [6, 6.07) is 8.04. The third-order valence-electron chi connectivity index (χ3n) is 3.17. The van der Waals surface area contributed by atoms with Gasteiger partial charge in [0.1, 0.15) is 0 Å². The van der Waals surface area contributed by atoms with E-state index in [0.29, 0.717) is 6.42 Å². The minimum atomic E-state index is 0.172. The molecule has 1 aromatic carbocycles. The van der Waals surface area contributed by atoms with Crippen molar-refractivity contribution in [3.05, 3.63) is 24.3 Å². The van der Waals surface area contributed by atoms with Crippen molar-refractivity contribution in [1.82, 2.24) is 4.90 Å². The van der Waals surface area contributed by atoms with E-state index in [2.05, 4.69) is 18.7 Å². The van der Waals surface area contributed by atoms with Crippen LogP contribution in [-0.4, -0.2) is 54.0 Å². The first-order chi connectivity index (χ1) is 8.58. The quantitative estimate of drug-likeness (QED) is 0.737. The van der Waals surface area contributed by atoms with Crippen molar-refractivity contribution < 1.29 is 4.79 Å². The van der Waals surface area contributed by atoms with Gasteiger partial charge < -0.3 is 0 Å². The third-order valence-corrected chi connectivity index (χ3v) is 3.86. The average Bonchev–Trinajstić information content (AvgIpc) is 2.39. The number of anilines is 1. The molecule has 0 aromatic heterocycles. The second-order valence-corrected chi connectivity index (χ2v) is 5.49. The summed E-state index contributed by atoms with van der Waals surface area (Å²) >= 11 is 2.05. The van der Waals surface area contributed by atoms with E-state index in [1.165, 1.54) is 4.40 Å². The number of rotatable bonds is 6. The van der Waals surface area contributed by atoms with E-state index >= 15 is 0 Å². The summed E-state index contributed by atoms with van der Waals surface area (Å²) < 4.78 is 1.21. The van der Waals surface area contributed by atoms with Crippen LogP contribution in [0.15, 0.2) is 24.3 Å². The Kier molecular flexibility index (Phi) is 6.43. The van der Waals surface area contributed by atoms with Gasteiger partial charge in [-0.15, -0.1) is 0 Å². The maximum absolute atomic E-state index is 12.1. The Morgan fingerprint density at radius 1 is 1.17 bits per heavy atom. The van der Waals surface area contributed by atoms with Gasteiger partial charge in [-0.3, -0.25) is 0 Å². The Hall–Kier alpha value is -0.807. The fourth-order valence-electron chi connectivity index (χ4n) is 1.79. The second-order valence-electron chi connectivity index (χ2n) is 4.28. The molecule has 0 atom stereocenters. The van der Waals surface area contributed by atoms with Gasteiger partial charge in [0, 0.05) is 0 Å². The molecule has 4 heteroatoms. The van der Waals surface area contributed by atoms with E-state index in [9.17, 15) is 4.79 Å². The SMILES string of the molecule is CCN(CC)CCC(=O)N(C)c1cc[c]([Ge])cc1. The number of carbonyl (C=O) groups excluding carboxylic acids is 1. The second kappa shape index (κ2) is 7.59. The summed E-state index contributed by atoms with van der Waals surface area (Å²) in [6.07, 6.45) is 0.575. The van der Waals surface area contributed by atoms with Crippen molar-refractivity contribution in [1.29, 1.82) is 0 Å². The molecule has 3 nitrogen and oxygen atoms in total. The minimum absolute atomic E-state index is 0.172. The zero-order valence-electron chi connectivity index (χ0n) is 11.4. The van der Waals surface area contributed by atoms with Gasteiger partial charge in [-0.05, 0) is 0 Å². The molecule has 0 unspecified atom stereocenters. The Bertz CT molecular complexity index is 374. The molecular formula is C14H21GeN2O. The van der Waals surface area contributed by atoms with Crippen LogP contribution in [0.1, 0.15) is 20.3 Å². The van der Waals surface area contributed by atoms with Gasteiger partial charge in [0.2, 0.25) is 0 Å². The predicted octanol–water partition coefficient (Wildman–Crippen LogP) is 1.18. The van der Waals surface area contributed by atoms with Crippen molar-refractivity contribution in [2.45, 2.75) is 20.3 Å². The third kappa shape index (κ3) is 4.46. The molecular weight excluding hydrogens is 285 g/mol. The average molecular weight is 306 g/mol. The summed E-state index contributed by atoms with van der Waals surface area (Å²) in [5.74, 6) is 0.172. The molecule has 0 aliphatic rings. The fraction of sp³-hybridized carbons (Fsp3) is 0.500. The van der Waals surface area contributed by atoms with Crippen LogP contribution in [0.3, 0.4) is 0 Å². The van der Waals surface area contributed by atoms with Gasteiger partial charge in [0.05, 0.1) is 0 Å². The maximum atomic E-state index is 12.1. The van der Waals surface area contributed by atoms with Gasteiger partial charge in [-0.2, -0.15) is 0 Å². The Morgan fingerprint density at radius 2 is 1.72 bits per heavy atom. The molecule has 0 N–H and O–H groups in total. The molecule has 0 saturated carbocycles. The standard InChI is InChI=1S/C14H21GeN2O/c1-4-17(5-2)11-10-14(18)16(3)13-8-6-12(15)7-9-13/h6-9H,4-5,10-11H2,1-3H3. The Balaban J connectivity index is 2.53. The molecule has 0 saturated heterocycles. The van der Waals surface area contributed by atoms with Crippen LogP contribution in [0, 0.1) is 0 Å². The van der Waals surface area contributed by atoms with Crippen molar-refractivity contribution in [3.63, 3.8) is 0 Å². The van der Waals surface area contributed by atoms with Gasteiger partial charge in [0.15, 0.2) is 0 Å². The summed E-state index contributed by atoms with van der Waals surface area (Å²) in [5, 5.41) is 0. The molecule has 1 aromatic rings. The molecule has 18 heavy (non-hydrogen) atoms. The zero-order chi connectivity index (χ0) is 13.5. The van der Waals surface area contributed by atoms with Crippen LogP contribution in [0.2, 0.25) is 0 Å². The summed E-state index contributed by atoms with van der Waals surface area (Å²) in [5.41, 5.74) is 0.963. The van der Waals surface area contributed by atoms with E-state index < -0.39 is 0 Å². The van der Waals surface area contributed by atoms with Gasteiger partial charge >= 0.3 is 118 Å². The number of hydrogen-bond acceptors (Lipinski definition) is 2. The monoisotopic (exact) mass is 307 g/mol. The number of carbonyl (C=O) groups is 1. The van der Waals surface area contributed by atoms with Gasteiger partial charge in [0.25, 0.3) is 0 Å². The fourth-order valence-corrected chi connectivity index (χ4v) is 2.14. The predicted molar refractivity (Wildman–Crippen MR) is 77.6 cm³/mol. The first kappa shape index (κ1) is 15.3. The van der Waals surface area contributed by atoms with Crippen molar-refractivity contribution >= 4 is 32.5 Å². The van der Waals surface area contributed by atoms with Crippen LogP contribution < -0.4 is 9.30 Å². The van der Waals surface area contributed by atoms with E-state index in [0.717, 1.165) is 25.3 Å². The van der Waals surface area contributed by atoms with E-state index in [4.69, 9.17) is 0 Å². The molecule has 0 aliphatic heterocycles. The van der Waals surface area contributed by atoms with Gasteiger partial charge in [-0.1, -0.05) is 0 Å². The van der Waals surface area contributed by atoms with Crippen LogP contribution in [-0.2, 0) is 4.79 Å². The zero-order valence-corrected chi connectivity index (χ0v) is 13.5. The molecule has 0 bridgehead atoms. The van der Waals surface area contributed by atoms with Crippen LogP contribution in [0.4, 0.5) is 5.69 Å². The van der Waals surface area contributed by atoms with E-state index in [-0.39, 0.29) is 5.91 Å². The summed E-state index contributed by atoms with van der Waals surface area (Å²) in [7, 11) is 1.84. The topological polar surface area (TPSA) is 23.6 Å². The molecule has 1 amide bonds. The van der Waals surface area contributed by atoms with Crippen LogP contribution in [0.5, 0.6) is 0 Å². The van der Waals surface area contributed by atoms with Crippen molar-refractivity contribution in [2.75, 3.05) is 31.6 Å². The first-order valence-corrected chi connectivity index (χ1v) is 7.44. The molecule has 1 rings (SSSR count). The Labute approximate surface area is 118 Å². The number of nitrogens with zero attached hydrogens (tertiary/aromatic N) is 2. The number of benzene rings is 1. The summed E-state index contributed by atoms with van der Waals surface area (Å²) in [4.78, 5) is 16.1. The van der Waals surface area contributed by atoms with Crippen LogP contribution >= 0.6 is 0 Å². The molecule has 0 fully saturated rings. The summed E-state index contributed by atoms with van der Waals surface area (Å²) in [6.45, 7) is 7.08. The first-order valence-electron chi connectivity index (χ1n) is 6.39.